The Morgan fingerprint density at radius 1 is 1.14 bits per heavy atom. The largest absolute Gasteiger partial charge is 0.478 e. The van der Waals surface area contributed by atoms with Crippen LogP contribution in [0.4, 0.5) is 10.1 Å². The van der Waals surface area contributed by atoms with E-state index >= 15 is 0 Å². The van der Waals surface area contributed by atoms with E-state index in [4.69, 9.17) is 4.74 Å². The van der Waals surface area contributed by atoms with Crippen molar-refractivity contribution in [1.29, 1.82) is 0 Å². The fourth-order valence-electron chi connectivity index (χ4n) is 4.20. The van der Waals surface area contributed by atoms with Gasteiger partial charge in [0.1, 0.15) is 5.82 Å². The molecule has 1 N–H and O–H groups in total. The Kier molecular flexibility index (Phi) is 4.66. The highest BCUT2D eigenvalue weighted by Gasteiger charge is 2.46. The summed E-state index contributed by atoms with van der Waals surface area (Å²) in [6.07, 6.45) is 2.92. The first-order valence-corrected chi connectivity index (χ1v) is 10.4. The minimum atomic E-state index is -0.205. The number of anilines is 1. The molecule has 7 nitrogen and oxygen atoms in total. The molecule has 0 bridgehead atoms. The zero-order valence-electron chi connectivity index (χ0n) is 16.4. The van der Waals surface area contributed by atoms with Gasteiger partial charge in [0.15, 0.2) is 5.69 Å². The van der Waals surface area contributed by atoms with Crippen LogP contribution < -0.4 is 15.0 Å². The molecule has 3 aliphatic rings. The van der Waals surface area contributed by atoms with Crippen LogP contribution in [0, 0.1) is 5.82 Å². The second-order valence-electron chi connectivity index (χ2n) is 8.27. The van der Waals surface area contributed by atoms with Crippen molar-refractivity contribution in [3.05, 3.63) is 41.8 Å². The van der Waals surface area contributed by atoms with Crippen molar-refractivity contribution < 1.29 is 13.9 Å². The summed E-state index contributed by atoms with van der Waals surface area (Å²) in [4.78, 5) is 17.4. The van der Waals surface area contributed by atoms with Gasteiger partial charge in [-0.1, -0.05) is 0 Å². The predicted octanol–water partition coefficient (Wildman–Crippen LogP) is 1.89. The molecule has 1 aromatic carbocycles. The summed E-state index contributed by atoms with van der Waals surface area (Å²) < 4.78 is 20.5. The van der Waals surface area contributed by atoms with E-state index < -0.39 is 0 Å². The molecule has 1 aliphatic carbocycles. The van der Waals surface area contributed by atoms with Gasteiger partial charge < -0.3 is 15.0 Å². The minimum Gasteiger partial charge on any atom is -0.478 e. The third kappa shape index (κ3) is 3.94. The number of nitrogens with one attached hydrogen (secondary N) is 1. The van der Waals surface area contributed by atoms with Gasteiger partial charge in [-0.05, 0) is 37.1 Å². The van der Waals surface area contributed by atoms with Crippen molar-refractivity contribution >= 4 is 11.6 Å². The van der Waals surface area contributed by atoms with Crippen LogP contribution in [0.15, 0.2) is 30.3 Å². The highest BCUT2D eigenvalue weighted by Crippen LogP contribution is 2.37. The lowest BCUT2D eigenvalue weighted by Gasteiger charge is -2.37. The van der Waals surface area contributed by atoms with Crippen molar-refractivity contribution in [2.75, 3.05) is 44.2 Å². The highest BCUT2D eigenvalue weighted by atomic mass is 19.1. The summed E-state index contributed by atoms with van der Waals surface area (Å²) in [6, 6.07) is 8.43. The van der Waals surface area contributed by atoms with Gasteiger partial charge in [0, 0.05) is 57.4 Å². The lowest BCUT2D eigenvalue weighted by atomic mass is 10.2. The number of aryl methyl sites for hydroxylation is 1. The maximum absolute atomic E-state index is 13.1. The number of benzene rings is 1. The number of aromatic nitrogens is 2. The predicted molar refractivity (Wildman–Crippen MR) is 107 cm³/mol. The van der Waals surface area contributed by atoms with Crippen molar-refractivity contribution in [3.8, 4) is 5.88 Å². The zero-order valence-corrected chi connectivity index (χ0v) is 16.4. The quantitative estimate of drug-likeness (QED) is 0.832. The molecule has 8 heteroatoms. The Morgan fingerprint density at radius 3 is 2.59 bits per heavy atom. The molecule has 2 aromatic rings. The monoisotopic (exact) mass is 399 g/mol. The molecule has 3 heterocycles. The van der Waals surface area contributed by atoms with Gasteiger partial charge >= 0.3 is 0 Å². The fourth-order valence-corrected chi connectivity index (χ4v) is 4.20. The smallest absolute Gasteiger partial charge is 0.272 e. The van der Waals surface area contributed by atoms with Crippen LogP contribution >= 0.6 is 0 Å². The summed E-state index contributed by atoms with van der Waals surface area (Å²) in [5, 5.41) is 7.61. The van der Waals surface area contributed by atoms with Crippen LogP contribution in [0.3, 0.4) is 0 Å². The number of hydrogen-bond acceptors (Lipinski definition) is 5. The number of fused-ring (bicyclic) bond motifs is 1. The molecule has 0 radical (unpaired) electrons. The first-order valence-electron chi connectivity index (χ1n) is 10.4. The molecule has 154 valence electrons. The molecule has 0 unspecified atom stereocenters. The molecule has 1 amide bonds. The molecule has 2 aliphatic heterocycles. The maximum atomic E-state index is 13.1. The second kappa shape index (κ2) is 7.33. The second-order valence-corrected chi connectivity index (χ2v) is 8.27. The number of carbonyl (C=O) groups is 1. The third-order valence-corrected chi connectivity index (χ3v) is 6.06. The Hall–Kier alpha value is -2.61. The number of halogens is 1. The van der Waals surface area contributed by atoms with Gasteiger partial charge in [-0.15, -0.1) is 0 Å². The molecule has 5 rings (SSSR count). The SMILES string of the molecule is O=C(NC1(CN2CCN(c3ccc(F)cc3)CC2)CC1)c1cc2n(n1)CCCO2. The van der Waals surface area contributed by atoms with E-state index in [0.717, 1.165) is 64.2 Å². The first-order chi connectivity index (χ1) is 14.1. The standard InChI is InChI=1S/C21H26FN5O2/c22-16-2-4-17(5-3-16)26-11-9-25(10-12-26)15-21(6-7-21)23-20(28)18-14-19-27(24-18)8-1-13-29-19/h2-5,14H,1,6-13,15H2,(H,23,28). The normalized spacial score (nSPS) is 20.7. The van der Waals surface area contributed by atoms with Crippen LogP contribution in [0.2, 0.25) is 0 Å². The average molecular weight is 399 g/mol. The Bertz CT molecular complexity index is 861. The number of rotatable bonds is 5. The van der Waals surface area contributed by atoms with Crippen molar-refractivity contribution in [1.82, 2.24) is 20.0 Å². The molecule has 0 atom stereocenters. The summed E-state index contributed by atoms with van der Waals surface area (Å²) in [5.41, 5.74) is 1.36. The van der Waals surface area contributed by atoms with E-state index in [1.807, 2.05) is 12.1 Å². The van der Waals surface area contributed by atoms with Crippen molar-refractivity contribution in [2.24, 2.45) is 0 Å². The molecular formula is C21H26FN5O2. The zero-order chi connectivity index (χ0) is 19.8. The van der Waals surface area contributed by atoms with Crippen LogP contribution in [0.1, 0.15) is 29.8 Å². The van der Waals surface area contributed by atoms with Gasteiger partial charge in [-0.2, -0.15) is 5.10 Å². The van der Waals surface area contributed by atoms with E-state index in [2.05, 4.69) is 20.2 Å². The lowest BCUT2D eigenvalue weighted by molar-refractivity contribution is 0.0909. The van der Waals surface area contributed by atoms with E-state index in [0.29, 0.717) is 18.2 Å². The Morgan fingerprint density at radius 2 is 1.90 bits per heavy atom. The fraction of sp³-hybridized carbons (Fsp3) is 0.524. The molecular weight excluding hydrogens is 373 g/mol. The minimum absolute atomic E-state index is 0.113. The van der Waals surface area contributed by atoms with Gasteiger partial charge in [-0.25, -0.2) is 9.07 Å². The molecule has 2 fully saturated rings. The first kappa shape index (κ1) is 18.4. The van der Waals surface area contributed by atoms with E-state index in [-0.39, 0.29) is 17.3 Å². The Balaban J connectivity index is 1.15. The number of nitrogens with zero attached hydrogens (tertiary/aromatic N) is 4. The number of ether oxygens (including phenoxy) is 1. The Labute approximate surface area is 169 Å². The van der Waals surface area contributed by atoms with Crippen LogP contribution in [0.25, 0.3) is 0 Å². The number of hydrogen-bond donors (Lipinski definition) is 1. The van der Waals surface area contributed by atoms with Gasteiger partial charge in [0.2, 0.25) is 5.88 Å². The third-order valence-electron chi connectivity index (χ3n) is 6.06. The van der Waals surface area contributed by atoms with Crippen LogP contribution in [-0.2, 0) is 6.54 Å². The summed E-state index contributed by atoms with van der Waals surface area (Å²) >= 11 is 0. The van der Waals surface area contributed by atoms with Crippen molar-refractivity contribution in [3.63, 3.8) is 0 Å². The molecule has 1 saturated heterocycles. The maximum Gasteiger partial charge on any atom is 0.272 e. The van der Waals surface area contributed by atoms with E-state index in [1.165, 1.54) is 12.1 Å². The number of piperazine rings is 1. The van der Waals surface area contributed by atoms with Gasteiger partial charge in [-0.3, -0.25) is 9.69 Å². The lowest BCUT2D eigenvalue weighted by Crippen LogP contribution is -2.52. The molecule has 29 heavy (non-hydrogen) atoms. The van der Waals surface area contributed by atoms with Gasteiger partial charge in [0.05, 0.1) is 12.1 Å². The molecule has 1 saturated carbocycles. The molecule has 1 aromatic heterocycles. The van der Waals surface area contributed by atoms with Gasteiger partial charge in [0.25, 0.3) is 5.91 Å². The number of carbonyl (C=O) groups excluding carboxylic acids is 1. The topological polar surface area (TPSA) is 62.6 Å². The molecule has 0 spiro atoms. The van der Waals surface area contributed by atoms with Crippen LogP contribution in [0.5, 0.6) is 5.88 Å². The van der Waals surface area contributed by atoms with Crippen molar-refractivity contribution in [2.45, 2.75) is 31.3 Å². The van der Waals surface area contributed by atoms with E-state index in [9.17, 15) is 9.18 Å². The number of amides is 1. The average Bonchev–Trinajstić information content (AvgIpc) is 3.33. The van der Waals surface area contributed by atoms with E-state index in [1.54, 1.807) is 10.7 Å². The summed E-state index contributed by atoms with van der Waals surface area (Å²) in [6.45, 7) is 6.01. The summed E-state index contributed by atoms with van der Waals surface area (Å²) in [7, 11) is 0. The van der Waals surface area contributed by atoms with Crippen LogP contribution in [-0.4, -0.2) is 65.5 Å². The highest BCUT2D eigenvalue weighted by molar-refractivity contribution is 5.93. The summed E-state index contributed by atoms with van der Waals surface area (Å²) in [5.74, 6) is 0.366.